The molecule has 3 N–H and O–H groups in total. The molecule has 0 aliphatic rings. The van der Waals surface area contributed by atoms with Crippen LogP contribution in [0.4, 0.5) is 11.4 Å². The van der Waals surface area contributed by atoms with E-state index in [1.54, 1.807) is 18.3 Å². The topological polar surface area (TPSA) is 55.9 Å². The van der Waals surface area contributed by atoms with Gasteiger partial charge in [0.1, 0.15) is 5.65 Å². The highest BCUT2D eigenvalue weighted by atomic mass is 35.5. The third-order valence-electron chi connectivity index (χ3n) is 4.23. The second-order valence-electron chi connectivity index (χ2n) is 5.95. The number of pyridine rings is 1. The van der Waals surface area contributed by atoms with Crippen LogP contribution < -0.4 is 11.1 Å². The van der Waals surface area contributed by atoms with Crippen molar-refractivity contribution in [2.24, 2.45) is 5.73 Å². The second-order valence-corrected chi connectivity index (χ2v) is 7.20. The van der Waals surface area contributed by atoms with Crippen LogP contribution in [0.3, 0.4) is 0 Å². The molecule has 0 bridgehead atoms. The van der Waals surface area contributed by atoms with Crippen molar-refractivity contribution in [2.45, 2.75) is 6.54 Å². The number of halogens is 3. The van der Waals surface area contributed by atoms with Gasteiger partial charge in [-0.1, -0.05) is 34.8 Å². The van der Waals surface area contributed by atoms with Gasteiger partial charge in [0, 0.05) is 41.4 Å². The Morgan fingerprint density at radius 1 is 0.923 bits per heavy atom. The van der Waals surface area contributed by atoms with Crippen molar-refractivity contribution in [3.63, 3.8) is 0 Å². The van der Waals surface area contributed by atoms with Crippen LogP contribution in [-0.2, 0) is 6.54 Å². The molecule has 0 saturated heterocycles. The van der Waals surface area contributed by atoms with Crippen molar-refractivity contribution in [1.82, 2.24) is 9.55 Å². The van der Waals surface area contributed by atoms with Gasteiger partial charge in [-0.25, -0.2) is 4.98 Å². The Bertz CT molecular complexity index is 1120. The van der Waals surface area contributed by atoms with Gasteiger partial charge in [-0.05, 0) is 42.5 Å². The number of aromatic nitrogens is 2. The molecule has 0 saturated carbocycles. The van der Waals surface area contributed by atoms with E-state index in [-0.39, 0.29) is 0 Å². The van der Waals surface area contributed by atoms with Crippen molar-refractivity contribution in [3.8, 4) is 0 Å². The lowest BCUT2D eigenvalue weighted by atomic mass is 10.1. The quantitative estimate of drug-likeness (QED) is 0.447. The SMILES string of the molecule is NCCn1c2ccc(Nc3ccc(Cl)c(Cl)c3)cc2c2cc(Cl)cnc21. The molecule has 26 heavy (non-hydrogen) atoms. The first kappa shape index (κ1) is 17.4. The summed E-state index contributed by atoms with van der Waals surface area (Å²) < 4.78 is 2.12. The summed E-state index contributed by atoms with van der Waals surface area (Å²) in [5, 5.41) is 7.05. The number of nitrogens with one attached hydrogen (secondary N) is 1. The minimum Gasteiger partial charge on any atom is -0.355 e. The number of anilines is 2. The molecule has 0 unspecified atom stereocenters. The third kappa shape index (κ3) is 3.10. The number of nitrogens with two attached hydrogens (primary N) is 1. The predicted molar refractivity (Wildman–Crippen MR) is 111 cm³/mol. The van der Waals surface area contributed by atoms with Crippen molar-refractivity contribution in [1.29, 1.82) is 0 Å². The predicted octanol–water partition coefficient (Wildman–Crippen LogP) is 5.85. The highest BCUT2D eigenvalue weighted by Crippen LogP contribution is 2.33. The molecule has 0 fully saturated rings. The summed E-state index contributed by atoms with van der Waals surface area (Å²) in [5.74, 6) is 0. The number of nitrogens with zero attached hydrogens (tertiary/aromatic N) is 2. The van der Waals surface area contributed by atoms with E-state index in [4.69, 9.17) is 40.5 Å². The zero-order valence-corrected chi connectivity index (χ0v) is 15.9. The van der Waals surface area contributed by atoms with E-state index in [1.165, 1.54) is 0 Å². The van der Waals surface area contributed by atoms with E-state index in [0.717, 1.165) is 33.3 Å². The van der Waals surface area contributed by atoms with Crippen molar-refractivity contribution >= 4 is 68.1 Å². The van der Waals surface area contributed by atoms with Crippen molar-refractivity contribution in [2.75, 3.05) is 11.9 Å². The molecule has 2 aromatic carbocycles. The van der Waals surface area contributed by atoms with Gasteiger partial charge in [0.2, 0.25) is 0 Å². The van der Waals surface area contributed by atoms with E-state index in [2.05, 4.69) is 27.0 Å². The van der Waals surface area contributed by atoms with E-state index in [1.807, 2.05) is 18.2 Å². The molecule has 7 heteroatoms. The summed E-state index contributed by atoms with van der Waals surface area (Å²) in [6.07, 6.45) is 1.66. The Morgan fingerprint density at radius 2 is 1.69 bits per heavy atom. The Kier molecular flexibility index (Phi) is 4.67. The fourth-order valence-electron chi connectivity index (χ4n) is 3.12. The maximum absolute atomic E-state index is 6.17. The summed E-state index contributed by atoms with van der Waals surface area (Å²) in [5.41, 5.74) is 9.52. The molecule has 4 nitrogen and oxygen atoms in total. The lowest BCUT2D eigenvalue weighted by Crippen LogP contribution is -2.09. The Labute approximate surface area is 165 Å². The van der Waals surface area contributed by atoms with Gasteiger partial charge in [0.15, 0.2) is 0 Å². The molecule has 4 aromatic rings. The van der Waals surface area contributed by atoms with Gasteiger partial charge in [0.05, 0.1) is 20.6 Å². The zero-order valence-electron chi connectivity index (χ0n) is 13.6. The molecule has 0 aliphatic heterocycles. The average Bonchev–Trinajstić information content (AvgIpc) is 2.91. The van der Waals surface area contributed by atoms with Crippen LogP contribution >= 0.6 is 34.8 Å². The van der Waals surface area contributed by atoms with Gasteiger partial charge in [-0.15, -0.1) is 0 Å². The van der Waals surface area contributed by atoms with Crippen LogP contribution in [0.1, 0.15) is 0 Å². The molecular weight excluding hydrogens is 391 g/mol. The van der Waals surface area contributed by atoms with E-state index >= 15 is 0 Å². The van der Waals surface area contributed by atoms with Gasteiger partial charge in [-0.2, -0.15) is 0 Å². The standard InChI is InChI=1S/C19H15Cl3N4/c20-11-7-15-14-8-12(25-13-1-3-16(21)17(22)9-13)2-4-18(14)26(6-5-23)19(15)24-10-11/h1-4,7-10,25H,5-6,23H2. The molecular formula is C19H15Cl3N4. The minimum absolute atomic E-state index is 0.508. The number of fused-ring (bicyclic) bond motifs is 3. The second kappa shape index (κ2) is 6.97. The first-order valence-electron chi connectivity index (χ1n) is 8.06. The first-order valence-corrected chi connectivity index (χ1v) is 9.20. The van der Waals surface area contributed by atoms with Gasteiger partial charge >= 0.3 is 0 Å². The van der Waals surface area contributed by atoms with Gasteiger partial charge in [0.25, 0.3) is 0 Å². The van der Waals surface area contributed by atoms with Gasteiger partial charge in [-0.3, -0.25) is 0 Å². The first-order chi connectivity index (χ1) is 12.6. The van der Waals surface area contributed by atoms with Crippen LogP contribution in [0.5, 0.6) is 0 Å². The number of hydrogen-bond donors (Lipinski definition) is 2. The fraction of sp³-hybridized carbons (Fsp3) is 0.105. The molecule has 132 valence electrons. The summed E-state index contributed by atoms with van der Waals surface area (Å²) in [7, 11) is 0. The largest absolute Gasteiger partial charge is 0.355 e. The molecule has 0 spiro atoms. The smallest absolute Gasteiger partial charge is 0.141 e. The van der Waals surface area contributed by atoms with E-state index < -0.39 is 0 Å². The maximum Gasteiger partial charge on any atom is 0.141 e. The van der Waals surface area contributed by atoms with Crippen molar-refractivity contribution < 1.29 is 0 Å². The normalized spacial score (nSPS) is 11.4. The summed E-state index contributed by atoms with van der Waals surface area (Å²) >= 11 is 18.2. The molecule has 0 atom stereocenters. The Hall–Kier alpha value is -1.98. The Morgan fingerprint density at radius 3 is 2.46 bits per heavy atom. The number of benzene rings is 2. The monoisotopic (exact) mass is 404 g/mol. The van der Waals surface area contributed by atoms with Gasteiger partial charge < -0.3 is 15.6 Å². The zero-order chi connectivity index (χ0) is 18.3. The number of rotatable bonds is 4. The van der Waals surface area contributed by atoms with Crippen LogP contribution in [0, 0.1) is 0 Å². The van der Waals surface area contributed by atoms with E-state index in [9.17, 15) is 0 Å². The maximum atomic E-state index is 6.17. The average molecular weight is 406 g/mol. The van der Waals surface area contributed by atoms with Crippen LogP contribution in [0.2, 0.25) is 15.1 Å². The fourth-order valence-corrected chi connectivity index (χ4v) is 3.58. The lowest BCUT2D eigenvalue weighted by Gasteiger charge is -2.09. The summed E-state index contributed by atoms with van der Waals surface area (Å²) in [6.45, 7) is 1.22. The highest BCUT2D eigenvalue weighted by Gasteiger charge is 2.13. The molecule has 4 rings (SSSR count). The molecule has 2 aromatic heterocycles. The van der Waals surface area contributed by atoms with Crippen LogP contribution in [0.15, 0.2) is 48.7 Å². The molecule has 0 radical (unpaired) electrons. The third-order valence-corrected chi connectivity index (χ3v) is 5.17. The molecule has 0 aliphatic carbocycles. The molecule has 0 amide bonds. The molecule has 2 heterocycles. The van der Waals surface area contributed by atoms with E-state index in [0.29, 0.717) is 28.2 Å². The van der Waals surface area contributed by atoms with Crippen molar-refractivity contribution in [3.05, 3.63) is 63.7 Å². The lowest BCUT2D eigenvalue weighted by molar-refractivity contribution is 0.750. The summed E-state index contributed by atoms with van der Waals surface area (Å²) in [4.78, 5) is 4.49. The number of hydrogen-bond acceptors (Lipinski definition) is 3. The van der Waals surface area contributed by atoms with Crippen LogP contribution in [-0.4, -0.2) is 16.1 Å². The highest BCUT2D eigenvalue weighted by molar-refractivity contribution is 6.42. The minimum atomic E-state index is 0.508. The summed E-state index contributed by atoms with van der Waals surface area (Å²) in [6, 6.07) is 13.5. The van der Waals surface area contributed by atoms with Crippen LogP contribution in [0.25, 0.3) is 21.9 Å². The Balaban J connectivity index is 1.84.